The van der Waals surface area contributed by atoms with E-state index in [0.29, 0.717) is 23.2 Å². The van der Waals surface area contributed by atoms with Gasteiger partial charge in [0.2, 0.25) is 10.0 Å². The second-order valence-electron chi connectivity index (χ2n) is 9.34. The van der Waals surface area contributed by atoms with Gasteiger partial charge < -0.3 is 19.3 Å². The van der Waals surface area contributed by atoms with Crippen LogP contribution in [0.25, 0.3) is 0 Å². The number of imidazole rings is 1. The average molecular weight is 571 g/mol. The predicted molar refractivity (Wildman–Crippen MR) is 139 cm³/mol. The van der Waals surface area contributed by atoms with Gasteiger partial charge in [0.05, 0.1) is 36.2 Å². The molecule has 1 N–H and O–H groups in total. The van der Waals surface area contributed by atoms with Crippen LogP contribution in [-0.4, -0.2) is 65.8 Å². The Morgan fingerprint density at radius 1 is 1.13 bits per heavy atom. The van der Waals surface area contributed by atoms with Gasteiger partial charge in [0.25, 0.3) is 0 Å². The van der Waals surface area contributed by atoms with Crippen molar-refractivity contribution in [2.45, 2.75) is 41.1 Å². The van der Waals surface area contributed by atoms with Crippen molar-refractivity contribution in [3.8, 4) is 0 Å². The van der Waals surface area contributed by atoms with Gasteiger partial charge in [-0.15, -0.1) is 12.6 Å². The highest BCUT2D eigenvalue weighted by Gasteiger charge is 2.51. The summed E-state index contributed by atoms with van der Waals surface area (Å²) < 4.78 is 75.7. The van der Waals surface area contributed by atoms with Crippen LogP contribution in [0.4, 0.5) is 18.9 Å². The van der Waals surface area contributed by atoms with Crippen molar-refractivity contribution < 1.29 is 31.4 Å². The molecule has 2 aromatic carbocycles. The average Bonchev–Trinajstić information content (AvgIpc) is 3.28. The van der Waals surface area contributed by atoms with Crippen LogP contribution in [0.3, 0.4) is 0 Å². The molecule has 1 saturated heterocycles. The Balaban J connectivity index is 1.57. The molecule has 13 heteroatoms. The zero-order valence-corrected chi connectivity index (χ0v) is 22.5. The number of thiol groups is 1. The quantitative estimate of drug-likeness (QED) is 0.403. The molecule has 0 bridgehead atoms. The maximum atomic E-state index is 13.4. The van der Waals surface area contributed by atoms with Gasteiger partial charge in [0, 0.05) is 43.5 Å². The summed E-state index contributed by atoms with van der Waals surface area (Å²) in [7, 11) is -2.01. The molecule has 38 heavy (non-hydrogen) atoms. The summed E-state index contributed by atoms with van der Waals surface area (Å²) in [6.07, 6.45) is -1.38. The molecule has 2 heterocycles. The standard InChI is InChI=1S/C25H29F3N4O4S2/c1-24(33,25(26,27)28)18-7-9-20(10-8-18)32-12-11-31(38(34,35)23-6-4-3-5-22(23)37)14-21(32)16-36-15-19-13-30(2)17-29-19/h3-10,13,17,21,33,37H,11-12,14-16H2,1-2H3/t21-,24?/m1/s1. The van der Waals surface area contributed by atoms with Gasteiger partial charge >= 0.3 is 6.18 Å². The minimum absolute atomic E-state index is 0.0919. The highest BCUT2D eigenvalue weighted by Crippen LogP contribution is 2.39. The second-order valence-corrected chi connectivity index (χ2v) is 11.7. The van der Waals surface area contributed by atoms with Crippen LogP contribution in [0.5, 0.6) is 0 Å². The summed E-state index contributed by atoms with van der Waals surface area (Å²) in [6, 6.07) is 11.5. The van der Waals surface area contributed by atoms with Crippen molar-refractivity contribution in [2.75, 3.05) is 31.1 Å². The number of aryl methyl sites for hydroxylation is 1. The lowest BCUT2D eigenvalue weighted by molar-refractivity contribution is -0.258. The van der Waals surface area contributed by atoms with E-state index in [1.54, 1.807) is 29.1 Å². The molecule has 1 aliphatic heterocycles. The van der Waals surface area contributed by atoms with E-state index >= 15 is 0 Å². The topological polar surface area (TPSA) is 87.9 Å². The summed E-state index contributed by atoms with van der Waals surface area (Å²) >= 11 is 4.31. The largest absolute Gasteiger partial charge is 0.421 e. The Labute approximate surface area is 225 Å². The number of piperazine rings is 1. The summed E-state index contributed by atoms with van der Waals surface area (Å²) in [4.78, 5) is 6.57. The highest BCUT2D eigenvalue weighted by atomic mass is 32.2. The predicted octanol–water partition coefficient (Wildman–Crippen LogP) is 3.57. The van der Waals surface area contributed by atoms with E-state index < -0.39 is 27.8 Å². The Morgan fingerprint density at radius 3 is 2.42 bits per heavy atom. The zero-order chi connectivity index (χ0) is 27.7. The lowest BCUT2D eigenvalue weighted by Gasteiger charge is -2.42. The first-order valence-electron chi connectivity index (χ1n) is 11.8. The van der Waals surface area contributed by atoms with E-state index in [0.717, 1.165) is 0 Å². The van der Waals surface area contributed by atoms with Crippen molar-refractivity contribution >= 4 is 28.3 Å². The van der Waals surface area contributed by atoms with Crippen molar-refractivity contribution in [3.63, 3.8) is 0 Å². The third kappa shape index (κ3) is 5.86. The maximum Gasteiger partial charge on any atom is 0.421 e. The Kier molecular flexibility index (Phi) is 8.15. The van der Waals surface area contributed by atoms with Crippen LogP contribution in [0.15, 0.2) is 70.8 Å². The fourth-order valence-electron chi connectivity index (χ4n) is 4.32. The van der Waals surface area contributed by atoms with Gasteiger partial charge in [-0.05, 0) is 36.8 Å². The number of ether oxygens (including phenoxy) is 1. The number of hydrogen-bond acceptors (Lipinski definition) is 7. The van der Waals surface area contributed by atoms with Gasteiger partial charge in [-0.25, -0.2) is 13.4 Å². The molecule has 0 aliphatic carbocycles. The van der Waals surface area contributed by atoms with Crippen LogP contribution in [0.1, 0.15) is 18.2 Å². The molecule has 0 spiro atoms. The molecular weight excluding hydrogens is 541 g/mol. The van der Waals surface area contributed by atoms with Gasteiger partial charge in [-0.1, -0.05) is 24.3 Å². The smallest absolute Gasteiger partial charge is 0.376 e. The number of sulfonamides is 1. The van der Waals surface area contributed by atoms with Gasteiger partial charge in [-0.3, -0.25) is 0 Å². The van der Waals surface area contributed by atoms with Crippen molar-refractivity contribution in [1.82, 2.24) is 13.9 Å². The maximum absolute atomic E-state index is 13.4. The summed E-state index contributed by atoms with van der Waals surface area (Å²) in [6.45, 7) is 1.59. The molecule has 1 aliphatic rings. The van der Waals surface area contributed by atoms with Crippen LogP contribution >= 0.6 is 12.6 Å². The minimum Gasteiger partial charge on any atom is -0.376 e. The van der Waals surface area contributed by atoms with Crippen LogP contribution in [-0.2, 0) is 34.0 Å². The lowest BCUT2D eigenvalue weighted by Crippen LogP contribution is -2.56. The Morgan fingerprint density at radius 2 is 1.82 bits per heavy atom. The van der Waals surface area contributed by atoms with Gasteiger partial charge in [0.15, 0.2) is 5.60 Å². The molecular formula is C25H29F3N4O4S2. The molecule has 0 radical (unpaired) electrons. The van der Waals surface area contributed by atoms with E-state index in [1.807, 2.05) is 18.1 Å². The van der Waals surface area contributed by atoms with E-state index in [2.05, 4.69) is 17.6 Å². The van der Waals surface area contributed by atoms with Crippen molar-refractivity contribution in [1.29, 1.82) is 0 Å². The molecule has 1 fully saturated rings. The number of aliphatic hydroxyl groups is 1. The molecule has 8 nitrogen and oxygen atoms in total. The molecule has 1 aromatic heterocycles. The molecule has 1 unspecified atom stereocenters. The number of hydrogen-bond donors (Lipinski definition) is 2. The number of halogens is 3. The van der Waals surface area contributed by atoms with Crippen LogP contribution < -0.4 is 4.90 Å². The third-order valence-electron chi connectivity index (χ3n) is 6.56. The highest BCUT2D eigenvalue weighted by molar-refractivity contribution is 7.90. The fraction of sp³-hybridized carbons (Fsp3) is 0.400. The zero-order valence-electron chi connectivity index (χ0n) is 20.8. The molecule has 4 rings (SSSR count). The third-order valence-corrected chi connectivity index (χ3v) is 9.02. The molecule has 2 atom stereocenters. The number of rotatable bonds is 8. The van der Waals surface area contributed by atoms with E-state index in [9.17, 15) is 26.7 Å². The lowest BCUT2D eigenvalue weighted by atomic mass is 9.95. The first-order chi connectivity index (χ1) is 17.8. The molecule has 3 aromatic rings. The second kappa shape index (κ2) is 10.9. The van der Waals surface area contributed by atoms with Crippen LogP contribution in [0, 0.1) is 0 Å². The summed E-state index contributed by atoms with van der Waals surface area (Å²) in [5, 5.41) is 10.0. The van der Waals surface area contributed by atoms with Crippen molar-refractivity contribution in [2.24, 2.45) is 7.05 Å². The summed E-state index contributed by atoms with van der Waals surface area (Å²) in [5.74, 6) is 0. The molecule has 0 amide bonds. The SMILES string of the molecule is Cn1cnc(COC[C@H]2CN(S(=O)(=O)c3ccccc3S)CCN2c2ccc(C(C)(O)C(F)(F)F)cc2)c1. The van der Waals surface area contributed by atoms with Crippen LogP contribution in [0.2, 0.25) is 0 Å². The number of anilines is 1. The molecule has 206 valence electrons. The number of alkyl halides is 3. The van der Waals surface area contributed by atoms with Gasteiger partial charge in [0.1, 0.15) is 0 Å². The summed E-state index contributed by atoms with van der Waals surface area (Å²) in [5.41, 5.74) is -1.99. The first kappa shape index (κ1) is 28.4. The van der Waals surface area contributed by atoms with E-state index in [-0.39, 0.29) is 43.3 Å². The minimum atomic E-state index is -4.83. The monoisotopic (exact) mass is 570 g/mol. The number of benzene rings is 2. The molecule has 0 saturated carbocycles. The van der Waals surface area contributed by atoms with E-state index in [1.165, 1.54) is 34.6 Å². The van der Waals surface area contributed by atoms with Gasteiger partial charge in [-0.2, -0.15) is 17.5 Å². The first-order valence-corrected chi connectivity index (χ1v) is 13.7. The van der Waals surface area contributed by atoms with Crippen molar-refractivity contribution in [3.05, 3.63) is 72.3 Å². The number of aromatic nitrogens is 2. The normalized spacial score (nSPS) is 18.9. The Hall–Kier alpha value is -2.58. The van der Waals surface area contributed by atoms with E-state index in [4.69, 9.17) is 4.74 Å². The fourth-order valence-corrected chi connectivity index (χ4v) is 6.38. The number of nitrogens with zero attached hydrogens (tertiary/aromatic N) is 4. The Bertz CT molecular complexity index is 1360.